The van der Waals surface area contributed by atoms with Gasteiger partial charge in [0.25, 0.3) is 0 Å². The Morgan fingerprint density at radius 3 is 3.05 bits per heavy atom. The smallest absolute Gasteiger partial charge is 0.313 e. The van der Waals surface area contributed by atoms with E-state index in [4.69, 9.17) is 14.6 Å². The molecule has 1 aromatic heterocycles. The van der Waals surface area contributed by atoms with Crippen molar-refractivity contribution in [3.05, 3.63) is 30.1 Å². The summed E-state index contributed by atoms with van der Waals surface area (Å²) in [6, 6.07) is 5.59. The van der Waals surface area contributed by atoms with Crippen molar-refractivity contribution in [2.24, 2.45) is 0 Å². The van der Waals surface area contributed by atoms with Crippen molar-refractivity contribution in [2.45, 2.75) is 12.1 Å². The highest BCUT2D eigenvalue weighted by molar-refractivity contribution is 7.99. The molecule has 7 heteroatoms. The lowest BCUT2D eigenvalue weighted by Gasteiger charge is -2.10. The van der Waals surface area contributed by atoms with Gasteiger partial charge in [0.2, 0.25) is 6.79 Å². The third kappa shape index (κ3) is 2.32. The van der Waals surface area contributed by atoms with Crippen LogP contribution >= 0.6 is 11.8 Å². The average Bonchev–Trinajstić information content (AvgIpc) is 3.01. The Morgan fingerprint density at radius 2 is 2.25 bits per heavy atom. The van der Waals surface area contributed by atoms with Gasteiger partial charge in [0, 0.05) is 18.0 Å². The number of carboxylic acids is 1. The predicted octanol–water partition coefficient (Wildman–Crippen LogP) is 2.09. The van der Waals surface area contributed by atoms with Crippen molar-refractivity contribution in [2.75, 3.05) is 12.5 Å². The van der Waals surface area contributed by atoms with Gasteiger partial charge >= 0.3 is 5.97 Å². The van der Waals surface area contributed by atoms with Crippen LogP contribution in [-0.2, 0) is 4.79 Å². The monoisotopic (exact) mass is 292 g/mol. The summed E-state index contributed by atoms with van der Waals surface area (Å²) >= 11 is 1.18. The number of benzene rings is 1. The van der Waals surface area contributed by atoms with Crippen LogP contribution in [0.5, 0.6) is 11.5 Å². The molecule has 0 saturated carbocycles. The van der Waals surface area contributed by atoms with Gasteiger partial charge in [-0.15, -0.1) is 0 Å². The first kappa shape index (κ1) is 12.9. The highest BCUT2D eigenvalue weighted by Gasteiger charge is 2.17. The summed E-state index contributed by atoms with van der Waals surface area (Å²) in [7, 11) is 0. The van der Waals surface area contributed by atoms with E-state index in [0.29, 0.717) is 16.7 Å². The summed E-state index contributed by atoms with van der Waals surface area (Å²) in [6.07, 6.45) is 1.72. The predicted molar refractivity (Wildman–Crippen MR) is 72.8 cm³/mol. The minimum Gasteiger partial charge on any atom is -0.481 e. The Balaban J connectivity index is 1.97. The molecule has 2 heterocycles. The van der Waals surface area contributed by atoms with E-state index in [1.54, 1.807) is 6.20 Å². The zero-order chi connectivity index (χ0) is 14.1. The molecule has 0 saturated heterocycles. The molecule has 0 bridgehead atoms. The maximum atomic E-state index is 10.7. The molecule has 6 nitrogen and oxygen atoms in total. The molecule has 1 aromatic carbocycles. The number of aliphatic carboxylic acids is 1. The van der Waals surface area contributed by atoms with Gasteiger partial charge in [0.15, 0.2) is 16.7 Å². The number of aryl methyl sites for hydroxylation is 1. The van der Waals surface area contributed by atoms with E-state index >= 15 is 0 Å². The number of aromatic nitrogens is 2. The number of hydrogen-bond donors (Lipinski definition) is 1. The van der Waals surface area contributed by atoms with Gasteiger partial charge in [-0.25, -0.2) is 4.98 Å². The second kappa shape index (κ2) is 5.09. The molecule has 0 radical (unpaired) electrons. The second-order valence-corrected chi connectivity index (χ2v) is 5.18. The molecule has 104 valence electrons. The molecule has 0 unspecified atom stereocenters. The average molecular weight is 292 g/mol. The van der Waals surface area contributed by atoms with E-state index in [1.807, 2.05) is 29.7 Å². The largest absolute Gasteiger partial charge is 0.481 e. The van der Waals surface area contributed by atoms with Crippen molar-refractivity contribution >= 4 is 17.7 Å². The van der Waals surface area contributed by atoms with Crippen LogP contribution in [0.1, 0.15) is 5.69 Å². The summed E-state index contributed by atoms with van der Waals surface area (Å²) in [6.45, 7) is 2.14. The fourth-order valence-electron chi connectivity index (χ4n) is 1.98. The van der Waals surface area contributed by atoms with Crippen molar-refractivity contribution in [1.82, 2.24) is 9.55 Å². The fourth-order valence-corrected chi connectivity index (χ4v) is 2.74. The minimum absolute atomic E-state index is 0.0268. The van der Waals surface area contributed by atoms with E-state index in [-0.39, 0.29) is 12.5 Å². The molecule has 20 heavy (non-hydrogen) atoms. The Hall–Kier alpha value is -2.15. The lowest BCUT2D eigenvalue weighted by atomic mass is 10.2. The van der Waals surface area contributed by atoms with Gasteiger partial charge in [-0.3, -0.25) is 9.36 Å². The molecular weight excluding hydrogens is 280 g/mol. The highest BCUT2D eigenvalue weighted by Crippen LogP contribution is 2.35. The maximum Gasteiger partial charge on any atom is 0.313 e. The van der Waals surface area contributed by atoms with Gasteiger partial charge in [-0.2, -0.15) is 0 Å². The van der Waals surface area contributed by atoms with Crippen LogP contribution in [0.15, 0.2) is 29.6 Å². The first-order chi connectivity index (χ1) is 9.65. The van der Waals surface area contributed by atoms with Crippen molar-refractivity contribution < 1.29 is 19.4 Å². The molecule has 0 fully saturated rings. The second-order valence-electron chi connectivity index (χ2n) is 4.24. The van der Waals surface area contributed by atoms with Crippen LogP contribution in [0, 0.1) is 6.92 Å². The topological polar surface area (TPSA) is 73.6 Å². The van der Waals surface area contributed by atoms with Crippen LogP contribution in [0.4, 0.5) is 0 Å². The summed E-state index contributed by atoms with van der Waals surface area (Å²) in [5.41, 5.74) is 1.80. The Morgan fingerprint density at radius 1 is 1.45 bits per heavy atom. The van der Waals surface area contributed by atoms with E-state index in [9.17, 15) is 4.79 Å². The number of hydrogen-bond acceptors (Lipinski definition) is 5. The minimum atomic E-state index is -0.868. The number of carbonyl (C=O) groups is 1. The van der Waals surface area contributed by atoms with E-state index in [0.717, 1.165) is 11.4 Å². The third-order valence-electron chi connectivity index (χ3n) is 2.84. The molecule has 0 amide bonds. The number of nitrogens with zero attached hydrogens (tertiary/aromatic N) is 2. The Kier molecular flexibility index (Phi) is 3.27. The standard InChI is InChI=1S/C13H12N2O4S/c1-8-5-14-13(20-6-12(16)17)15(8)9-2-3-10-11(4-9)19-7-18-10/h2-5H,6-7H2,1H3,(H,16,17). The zero-order valence-corrected chi connectivity index (χ0v) is 11.5. The third-order valence-corrected chi connectivity index (χ3v) is 3.78. The number of fused-ring (bicyclic) bond motifs is 1. The van der Waals surface area contributed by atoms with Crippen molar-refractivity contribution in [1.29, 1.82) is 0 Å². The molecule has 1 aliphatic heterocycles. The van der Waals surface area contributed by atoms with E-state index in [1.165, 1.54) is 11.8 Å². The quantitative estimate of drug-likeness (QED) is 0.870. The molecular formula is C13H12N2O4S. The Bertz CT molecular complexity index is 668. The van der Waals surface area contributed by atoms with Gasteiger partial charge in [0.05, 0.1) is 11.4 Å². The zero-order valence-electron chi connectivity index (χ0n) is 10.7. The molecule has 1 N–H and O–H groups in total. The van der Waals surface area contributed by atoms with Crippen LogP contribution in [0.3, 0.4) is 0 Å². The summed E-state index contributed by atoms with van der Waals surface area (Å²) < 4.78 is 12.5. The summed E-state index contributed by atoms with van der Waals surface area (Å²) in [5, 5.41) is 9.42. The van der Waals surface area contributed by atoms with Gasteiger partial charge in [-0.1, -0.05) is 11.8 Å². The number of ether oxygens (including phenoxy) is 2. The van der Waals surface area contributed by atoms with Crippen LogP contribution in [0.2, 0.25) is 0 Å². The lowest BCUT2D eigenvalue weighted by Crippen LogP contribution is -2.03. The molecule has 0 aliphatic carbocycles. The van der Waals surface area contributed by atoms with E-state index in [2.05, 4.69) is 4.98 Å². The first-order valence-electron chi connectivity index (χ1n) is 5.94. The number of carboxylic acid groups (broad SMARTS) is 1. The lowest BCUT2D eigenvalue weighted by molar-refractivity contribution is -0.133. The SMILES string of the molecule is Cc1cnc(SCC(=O)O)n1-c1ccc2c(c1)OCO2. The van der Waals surface area contributed by atoms with Crippen molar-refractivity contribution in [3.8, 4) is 17.2 Å². The molecule has 3 rings (SSSR count). The van der Waals surface area contributed by atoms with E-state index < -0.39 is 5.97 Å². The Labute approximate surface area is 119 Å². The van der Waals surface area contributed by atoms with Crippen molar-refractivity contribution in [3.63, 3.8) is 0 Å². The fraction of sp³-hybridized carbons (Fsp3) is 0.231. The van der Waals surface area contributed by atoms with Gasteiger partial charge in [-0.05, 0) is 19.1 Å². The van der Waals surface area contributed by atoms with Gasteiger partial charge in [0.1, 0.15) is 0 Å². The summed E-state index contributed by atoms with van der Waals surface area (Å²) in [5.74, 6) is 0.505. The van der Waals surface area contributed by atoms with Crippen LogP contribution in [-0.4, -0.2) is 33.2 Å². The highest BCUT2D eigenvalue weighted by atomic mass is 32.2. The molecule has 0 atom stereocenters. The number of rotatable bonds is 4. The van der Waals surface area contributed by atoms with Crippen LogP contribution < -0.4 is 9.47 Å². The maximum absolute atomic E-state index is 10.7. The first-order valence-corrected chi connectivity index (χ1v) is 6.92. The molecule has 1 aliphatic rings. The molecule has 0 spiro atoms. The molecule has 2 aromatic rings. The van der Waals surface area contributed by atoms with Gasteiger partial charge < -0.3 is 14.6 Å². The number of thioether (sulfide) groups is 1. The number of imidazole rings is 1. The van der Waals surface area contributed by atoms with Crippen LogP contribution in [0.25, 0.3) is 5.69 Å². The normalized spacial score (nSPS) is 12.7. The summed E-state index contributed by atoms with van der Waals surface area (Å²) in [4.78, 5) is 14.9.